The molecule has 0 atom stereocenters. The standard InChI is InChI=1S/2C8H16.CH4.FH/c2*1-7-3-5-8(2)6-4-7;;/h2*7-8H,3-6H2,1-2H3;1H4;1H. The van der Waals surface area contributed by atoms with Crippen LogP contribution in [0.3, 0.4) is 0 Å². The summed E-state index contributed by atoms with van der Waals surface area (Å²) in [6.45, 7) is 9.47. The van der Waals surface area contributed by atoms with Gasteiger partial charge in [0.2, 0.25) is 0 Å². The van der Waals surface area contributed by atoms with Crippen LogP contribution in [0.2, 0.25) is 0 Å². The molecule has 112 valence electrons. The molecule has 0 saturated heterocycles. The molecule has 0 amide bonds. The Balaban J connectivity index is 0. The van der Waals surface area contributed by atoms with Gasteiger partial charge in [0.1, 0.15) is 0 Å². The molecule has 0 aromatic heterocycles. The normalized spacial score (nSPS) is 35.3. The summed E-state index contributed by atoms with van der Waals surface area (Å²) >= 11 is 0. The van der Waals surface area contributed by atoms with Crippen molar-refractivity contribution in [3.05, 3.63) is 0 Å². The Morgan fingerprint density at radius 2 is 0.556 bits per heavy atom. The quantitative estimate of drug-likeness (QED) is 0.469. The predicted octanol–water partition coefficient (Wildman–Crippen LogP) is 6.45. The van der Waals surface area contributed by atoms with E-state index in [9.17, 15) is 0 Å². The van der Waals surface area contributed by atoms with Gasteiger partial charge in [0.15, 0.2) is 0 Å². The van der Waals surface area contributed by atoms with Crippen molar-refractivity contribution in [3.8, 4) is 0 Å². The van der Waals surface area contributed by atoms with Gasteiger partial charge in [-0.3, -0.25) is 4.70 Å². The van der Waals surface area contributed by atoms with Crippen LogP contribution in [0.1, 0.15) is 86.5 Å². The van der Waals surface area contributed by atoms with E-state index in [4.69, 9.17) is 0 Å². The molecule has 2 fully saturated rings. The van der Waals surface area contributed by atoms with Gasteiger partial charge in [-0.25, -0.2) is 0 Å². The van der Waals surface area contributed by atoms with Crippen LogP contribution in [0.5, 0.6) is 0 Å². The zero-order valence-electron chi connectivity index (χ0n) is 12.4. The molecule has 0 bridgehead atoms. The average Bonchev–Trinajstić information content (AvgIpc) is 2.28. The maximum absolute atomic E-state index is 2.37. The average molecular weight is 260 g/mol. The van der Waals surface area contributed by atoms with E-state index in [1.54, 1.807) is 0 Å². The van der Waals surface area contributed by atoms with Crippen LogP contribution in [0, 0.1) is 23.7 Å². The van der Waals surface area contributed by atoms with Gasteiger partial charge in [0, 0.05) is 0 Å². The first-order valence-electron chi connectivity index (χ1n) is 7.58. The van der Waals surface area contributed by atoms with Crippen molar-refractivity contribution in [2.45, 2.75) is 86.5 Å². The summed E-state index contributed by atoms with van der Waals surface area (Å²) in [7, 11) is 0. The molecule has 18 heavy (non-hydrogen) atoms. The molecule has 0 spiro atoms. The van der Waals surface area contributed by atoms with Crippen LogP contribution in [0.4, 0.5) is 4.70 Å². The molecule has 0 aromatic rings. The number of hydrogen-bond acceptors (Lipinski definition) is 0. The van der Waals surface area contributed by atoms with Gasteiger partial charge < -0.3 is 0 Å². The summed E-state index contributed by atoms with van der Waals surface area (Å²) in [5.41, 5.74) is 0. The zero-order chi connectivity index (χ0) is 12.0. The van der Waals surface area contributed by atoms with Gasteiger partial charge in [-0.15, -0.1) is 0 Å². The summed E-state index contributed by atoms with van der Waals surface area (Å²) in [6, 6.07) is 0. The van der Waals surface area contributed by atoms with Gasteiger partial charge in [0.25, 0.3) is 0 Å². The molecular formula is C17H37F. The Labute approximate surface area is 115 Å². The first-order chi connectivity index (χ1) is 7.58. The Kier molecular flexibility index (Phi) is 12.2. The van der Waals surface area contributed by atoms with E-state index in [0.717, 1.165) is 23.7 Å². The summed E-state index contributed by atoms with van der Waals surface area (Å²) in [6.07, 6.45) is 11.8. The zero-order valence-corrected chi connectivity index (χ0v) is 12.4. The lowest BCUT2D eigenvalue weighted by Crippen LogP contribution is -2.08. The molecule has 0 N–H and O–H groups in total. The smallest absolute Gasteiger partial charge is 0.0443 e. The molecule has 2 saturated carbocycles. The van der Waals surface area contributed by atoms with E-state index >= 15 is 0 Å². The molecule has 0 aromatic carbocycles. The fourth-order valence-corrected chi connectivity index (χ4v) is 2.85. The van der Waals surface area contributed by atoms with Crippen LogP contribution >= 0.6 is 0 Å². The summed E-state index contributed by atoms with van der Waals surface area (Å²) < 4.78 is 0. The molecule has 2 aliphatic carbocycles. The highest BCUT2D eigenvalue weighted by molar-refractivity contribution is 4.66. The second kappa shape index (κ2) is 10.8. The molecule has 2 rings (SSSR count). The van der Waals surface area contributed by atoms with E-state index in [0.29, 0.717) is 0 Å². The molecule has 2 aliphatic rings. The predicted molar refractivity (Wildman–Crippen MR) is 82.8 cm³/mol. The summed E-state index contributed by atoms with van der Waals surface area (Å²) in [5, 5.41) is 0. The first-order valence-corrected chi connectivity index (χ1v) is 7.58. The number of hydrogen-bond donors (Lipinski definition) is 0. The van der Waals surface area contributed by atoms with Crippen LogP contribution in [-0.4, -0.2) is 0 Å². The van der Waals surface area contributed by atoms with Gasteiger partial charge in [-0.1, -0.05) is 86.5 Å². The lowest BCUT2D eigenvalue weighted by Gasteiger charge is -2.22. The van der Waals surface area contributed by atoms with Gasteiger partial charge in [-0.2, -0.15) is 0 Å². The Hall–Kier alpha value is -0.0700. The monoisotopic (exact) mass is 260 g/mol. The summed E-state index contributed by atoms with van der Waals surface area (Å²) in [4.78, 5) is 0. The lowest BCUT2D eigenvalue weighted by atomic mass is 9.84. The van der Waals surface area contributed by atoms with E-state index in [1.165, 1.54) is 51.4 Å². The largest absolute Gasteiger partial charge is 0.269 e. The SMILES string of the molecule is C.CC1CCC(C)CC1.CC1CCC(C)CC1.F. The summed E-state index contributed by atoms with van der Waals surface area (Å²) in [5.74, 6) is 4.08. The fourth-order valence-electron chi connectivity index (χ4n) is 2.85. The van der Waals surface area contributed by atoms with Crippen LogP contribution in [0.15, 0.2) is 0 Å². The number of rotatable bonds is 0. The second-order valence-electron chi connectivity index (χ2n) is 6.73. The third-order valence-electron chi connectivity index (χ3n) is 4.61. The molecule has 0 aliphatic heterocycles. The molecule has 0 radical (unpaired) electrons. The molecule has 0 unspecified atom stereocenters. The Bertz CT molecular complexity index is 122. The van der Waals surface area contributed by atoms with Crippen molar-refractivity contribution in [2.24, 2.45) is 23.7 Å². The van der Waals surface area contributed by atoms with E-state index in [-0.39, 0.29) is 12.1 Å². The molecule has 1 heteroatoms. The minimum atomic E-state index is 0. The van der Waals surface area contributed by atoms with Gasteiger partial charge in [0.05, 0.1) is 0 Å². The van der Waals surface area contributed by atoms with Crippen LogP contribution < -0.4 is 0 Å². The van der Waals surface area contributed by atoms with Crippen molar-refractivity contribution < 1.29 is 4.70 Å². The third kappa shape index (κ3) is 8.94. The molecule has 0 heterocycles. The minimum Gasteiger partial charge on any atom is -0.269 e. The van der Waals surface area contributed by atoms with Crippen molar-refractivity contribution in [2.75, 3.05) is 0 Å². The first kappa shape index (κ1) is 20.3. The van der Waals surface area contributed by atoms with E-state index in [2.05, 4.69) is 27.7 Å². The maximum Gasteiger partial charge on any atom is -0.0443 e. The maximum atomic E-state index is 2.37. The fraction of sp³-hybridized carbons (Fsp3) is 1.00. The Morgan fingerprint density at radius 1 is 0.444 bits per heavy atom. The molecular weight excluding hydrogens is 223 g/mol. The highest BCUT2D eigenvalue weighted by Crippen LogP contribution is 2.27. The van der Waals surface area contributed by atoms with Crippen molar-refractivity contribution >= 4 is 0 Å². The van der Waals surface area contributed by atoms with Crippen molar-refractivity contribution in [1.29, 1.82) is 0 Å². The number of halogens is 1. The van der Waals surface area contributed by atoms with Crippen LogP contribution in [-0.2, 0) is 0 Å². The van der Waals surface area contributed by atoms with Gasteiger partial charge in [-0.05, 0) is 23.7 Å². The van der Waals surface area contributed by atoms with E-state index in [1.807, 2.05) is 0 Å². The minimum absolute atomic E-state index is 0. The van der Waals surface area contributed by atoms with Gasteiger partial charge >= 0.3 is 0 Å². The Morgan fingerprint density at radius 3 is 0.667 bits per heavy atom. The lowest BCUT2D eigenvalue weighted by molar-refractivity contribution is 0.308. The van der Waals surface area contributed by atoms with Crippen LogP contribution in [0.25, 0.3) is 0 Å². The van der Waals surface area contributed by atoms with Crippen molar-refractivity contribution in [3.63, 3.8) is 0 Å². The topological polar surface area (TPSA) is 0 Å². The van der Waals surface area contributed by atoms with E-state index < -0.39 is 0 Å². The second-order valence-corrected chi connectivity index (χ2v) is 6.73. The third-order valence-corrected chi connectivity index (χ3v) is 4.61. The highest BCUT2D eigenvalue weighted by atomic mass is 19.0. The highest BCUT2D eigenvalue weighted by Gasteiger charge is 2.13. The molecule has 0 nitrogen and oxygen atoms in total. The van der Waals surface area contributed by atoms with Crippen molar-refractivity contribution in [1.82, 2.24) is 0 Å².